The van der Waals surface area contributed by atoms with Gasteiger partial charge in [0.25, 0.3) is 5.56 Å². The average Bonchev–Trinajstić information content (AvgIpc) is 3.05. The van der Waals surface area contributed by atoms with E-state index in [0.29, 0.717) is 6.54 Å². The molecule has 0 bridgehead atoms. The molecule has 1 aliphatic carbocycles. The van der Waals surface area contributed by atoms with Crippen LogP contribution in [0.15, 0.2) is 35.4 Å². The molecule has 30 heavy (non-hydrogen) atoms. The Morgan fingerprint density at radius 2 is 1.90 bits per heavy atom. The molecule has 1 aromatic carbocycles. The monoisotopic (exact) mass is 513 g/mol. The Morgan fingerprint density at radius 3 is 2.70 bits per heavy atom. The summed E-state index contributed by atoms with van der Waals surface area (Å²) in [5.74, 6) is 0. The Labute approximate surface area is 188 Å². The molecule has 0 spiro atoms. The lowest BCUT2D eigenvalue weighted by Crippen LogP contribution is -2.30. The van der Waals surface area contributed by atoms with Crippen LogP contribution in [-0.2, 0) is 6.54 Å². The number of benzene rings is 1. The van der Waals surface area contributed by atoms with Gasteiger partial charge in [-0.3, -0.25) is 4.79 Å². The first-order valence-corrected chi connectivity index (χ1v) is 11.6. The fourth-order valence-electron chi connectivity index (χ4n) is 4.83. The maximum Gasteiger partial charge on any atom is 0.259 e. The lowest BCUT2D eigenvalue weighted by atomic mass is 9.94. The third kappa shape index (κ3) is 3.23. The highest BCUT2D eigenvalue weighted by molar-refractivity contribution is 14.1. The second-order valence-electron chi connectivity index (χ2n) is 8.25. The third-order valence-electron chi connectivity index (χ3n) is 6.30. The standard InChI is InChI=1S/C23H24IN5O/c1-14-7-6-8-16-11-18(29(23(30)19(14)16)17-9-4-3-5-10-17)12-28-22-20(21(24)27-28)15(2)25-13-26-22/h6-8,11,13,17H,3-5,9-10,12H2,1-2H3. The predicted molar refractivity (Wildman–Crippen MR) is 127 cm³/mol. The molecule has 3 heterocycles. The molecule has 0 aliphatic heterocycles. The summed E-state index contributed by atoms with van der Waals surface area (Å²) in [6, 6.07) is 8.51. The normalized spacial score (nSPS) is 15.3. The second kappa shape index (κ2) is 7.76. The zero-order valence-electron chi connectivity index (χ0n) is 17.2. The molecule has 154 valence electrons. The molecule has 1 saturated carbocycles. The van der Waals surface area contributed by atoms with Crippen molar-refractivity contribution >= 4 is 44.4 Å². The minimum Gasteiger partial charge on any atom is -0.307 e. The Balaban J connectivity index is 1.72. The van der Waals surface area contributed by atoms with Crippen LogP contribution in [-0.4, -0.2) is 24.3 Å². The highest BCUT2D eigenvalue weighted by Crippen LogP contribution is 2.30. The molecule has 4 aromatic rings. The van der Waals surface area contributed by atoms with Crippen molar-refractivity contribution in [3.05, 3.63) is 61.6 Å². The third-order valence-corrected chi connectivity index (χ3v) is 7.05. The van der Waals surface area contributed by atoms with Crippen LogP contribution >= 0.6 is 22.6 Å². The van der Waals surface area contributed by atoms with Crippen molar-refractivity contribution in [2.75, 3.05) is 0 Å². The van der Waals surface area contributed by atoms with Crippen LogP contribution in [0.1, 0.15) is 55.1 Å². The fourth-order valence-corrected chi connectivity index (χ4v) is 5.72. The first-order valence-electron chi connectivity index (χ1n) is 10.5. The largest absolute Gasteiger partial charge is 0.307 e. The number of rotatable bonds is 3. The molecule has 0 unspecified atom stereocenters. The van der Waals surface area contributed by atoms with Gasteiger partial charge in [0, 0.05) is 11.7 Å². The maximum absolute atomic E-state index is 13.7. The summed E-state index contributed by atoms with van der Waals surface area (Å²) < 4.78 is 4.87. The number of hydrogen-bond donors (Lipinski definition) is 0. The number of fused-ring (bicyclic) bond motifs is 2. The van der Waals surface area contributed by atoms with E-state index in [1.165, 1.54) is 19.3 Å². The zero-order valence-corrected chi connectivity index (χ0v) is 19.4. The highest BCUT2D eigenvalue weighted by Gasteiger charge is 2.22. The molecule has 0 atom stereocenters. The van der Waals surface area contributed by atoms with Gasteiger partial charge in [0.2, 0.25) is 0 Å². The fraction of sp³-hybridized carbons (Fsp3) is 0.391. The summed E-state index contributed by atoms with van der Waals surface area (Å²) in [6.07, 6.45) is 7.32. The van der Waals surface area contributed by atoms with Crippen molar-refractivity contribution in [2.24, 2.45) is 0 Å². The molecule has 0 amide bonds. The van der Waals surface area contributed by atoms with Gasteiger partial charge >= 0.3 is 0 Å². The van der Waals surface area contributed by atoms with Crippen molar-refractivity contribution < 1.29 is 0 Å². The number of aryl methyl sites for hydroxylation is 2. The predicted octanol–water partition coefficient (Wildman–Crippen LogP) is 4.92. The summed E-state index contributed by atoms with van der Waals surface area (Å²) >= 11 is 2.24. The highest BCUT2D eigenvalue weighted by atomic mass is 127. The number of hydrogen-bond acceptors (Lipinski definition) is 4. The minimum absolute atomic E-state index is 0.129. The number of pyridine rings is 1. The van der Waals surface area contributed by atoms with Gasteiger partial charge < -0.3 is 4.57 Å². The molecule has 0 N–H and O–H groups in total. The molecule has 7 heteroatoms. The van der Waals surface area contributed by atoms with Gasteiger partial charge in [0.15, 0.2) is 5.65 Å². The lowest BCUT2D eigenvalue weighted by molar-refractivity contribution is 0.338. The van der Waals surface area contributed by atoms with E-state index < -0.39 is 0 Å². The molecule has 0 saturated heterocycles. The Morgan fingerprint density at radius 1 is 1.10 bits per heavy atom. The van der Waals surface area contributed by atoms with Gasteiger partial charge in [-0.25, -0.2) is 14.6 Å². The quantitative estimate of drug-likeness (QED) is 0.365. The summed E-state index contributed by atoms with van der Waals surface area (Å²) in [5, 5.41) is 7.57. The maximum atomic E-state index is 13.7. The molecule has 3 aromatic heterocycles. The van der Waals surface area contributed by atoms with Crippen molar-refractivity contribution in [2.45, 2.75) is 58.5 Å². The van der Waals surface area contributed by atoms with E-state index in [-0.39, 0.29) is 11.6 Å². The van der Waals surface area contributed by atoms with Gasteiger partial charge in [-0.05, 0) is 66.3 Å². The zero-order chi connectivity index (χ0) is 20.8. The first-order chi connectivity index (χ1) is 14.5. The lowest BCUT2D eigenvalue weighted by Gasteiger charge is -2.27. The van der Waals surface area contributed by atoms with E-state index in [2.05, 4.69) is 43.2 Å². The smallest absolute Gasteiger partial charge is 0.259 e. The molecular weight excluding hydrogens is 489 g/mol. The van der Waals surface area contributed by atoms with Gasteiger partial charge in [0.05, 0.1) is 23.0 Å². The van der Waals surface area contributed by atoms with E-state index >= 15 is 0 Å². The van der Waals surface area contributed by atoms with Crippen LogP contribution in [0.25, 0.3) is 21.8 Å². The van der Waals surface area contributed by atoms with Gasteiger partial charge in [-0.1, -0.05) is 37.5 Å². The van der Waals surface area contributed by atoms with Crippen molar-refractivity contribution in [3.63, 3.8) is 0 Å². The van der Waals surface area contributed by atoms with Crippen LogP contribution in [0.2, 0.25) is 0 Å². The van der Waals surface area contributed by atoms with Crippen molar-refractivity contribution in [1.29, 1.82) is 0 Å². The Bertz CT molecular complexity index is 1320. The SMILES string of the molecule is Cc1ncnc2c1c(I)nn2Cc1cc2cccc(C)c2c(=O)n1C1CCCCC1. The van der Waals surface area contributed by atoms with Gasteiger partial charge in [0.1, 0.15) is 10.0 Å². The molecule has 0 radical (unpaired) electrons. The molecule has 6 nitrogen and oxygen atoms in total. The van der Waals surface area contributed by atoms with E-state index in [9.17, 15) is 4.79 Å². The van der Waals surface area contributed by atoms with Gasteiger partial charge in [-0.2, -0.15) is 5.10 Å². The van der Waals surface area contributed by atoms with E-state index in [1.54, 1.807) is 6.33 Å². The molecule has 5 rings (SSSR count). The van der Waals surface area contributed by atoms with Crippen molar-refractivity contribution in [1.82, 2.24) is 24.3 Å². The van der Waals surface area contributed by atoms with E-state index in [1.807, 2.05) is 36.7 Å². The first kappa shape index (κ1) is 19.7. The number of halogens is 1. The molecular formula is C23H24IN5O. The summed E-state index contributed by atoms with van der Waals surface area (Å²) in [5.41, 5.74) is 3.91. The summed E-state index contributed by atoms with van der Waals surface area (Å²) in [6.45, 7) is 4.53. The van der Waals surface area contributed by atoms with Crippen LogP contribution in [0.5, 0.6) is 0 Å². The number of nitrogens with zero attached hydrogens (tertiary/aromatic N) is 5. The van der Waals surface area contributed by atoms with Crippen LogP contribution < -0.4 is 5.56 Å². The topological polar surface area (TPSA) is 65.6 Å². The Kier molecular flexibility index (Phi) is 5.08. The molecule has 1 fully saturated rings. The average molecular weight is 513 g/mol. The van der Waals surface area contributed by atoms with E-state index in [4.69, 9.17) is 5.10 Å². The van der Waals surface area contributed by atoms with Crippen LogP contribution in [0, 0.1) is 17.5 Å². The summed E-state index contributed by atoms with van der Waals surface area (Å²) in [4.78, 5) is 22.5. The van der Waals surface area contributed by atoms with Crippen LogP contribution in [0.4, 0.5) is 0 Å². The van der Waals surface area contributed by atoms with Crippen LogP contribution in [0.3, 0.4) is 0 Å². The number of aromatic nitrogens is 5. The van der Waals surface area contributed by atoms with Gasteiger partial charge in [-0.15, -0.1) is 0 Å². The minimum atomic E-state index is 0.129. The van der Waals surface area contributed by atoms with E-state index in [0.717, 1.165) is 55.3 Å². The summed E-state index contributed by atoms with van der Waals surface area (Å²) in [7, 11) is 0. The Hall–Kier alpha value is -2.29. The van der Waals surface area contributed by atoms with Crippen molar-refractivity contribution in [3.8, 4) is 0 Å². The second-order valence-corrected chi connectivity index (χ2v) is 9.27. The molecule has 1 aliphatic rings.